The summed E-state index contributed by atoms with van der Waals surface area (Å²) in [5.41, 5.74) is 5.21. The first kappa shape index (κ1) is 9.08. The Labute approximate surface area is 72.9 Å². The molecule has 1 aliphatic carbocycles. The van der Waals surface area contributed by atoms with Gasteiger partial charge < -0.3 is 10.6 Å². The minimum absolute atomic E-state index is 0.0216. The van der Waals surface area contributed by atoms with Gasteiger partial charge in [-0.05, 0) is 19.3 Å². The van der Waals surface area contributed by atoms with Crippen LogP contribution in [0.5, 0.6) is 0 Å². The summed E-state index contributed by atoms with van der Waals surface area (Å²) in [5.74, 6) is 2.40. The van der Waals surface area contributed by atoms with Gasteiger partial charge in [-0.1, -0.05) is 5.92 Å². The zero-order valence-corrected chi connectivity index (χ0v) is 7.34. The van der Waals surface area contributed by atoms with Crippen molar-refractivity contribution in [3.63, 3.8) is 0 Å². The Morgan fingerprint density at radius 3 is 2.67 bits per heavy atom. The van der Waals surface area contributed by atoms with E-state index in [1.807, 2.05) is 0 Å². The van der Waals surface area contributed by atoms with Crippen molar-refractivity contribution in [2.24, 2.45) is 5.73 Å². The Balaban J connectivity index is 2.52. The lowest BCUT2D eigenvalue weighted by atomic mass is 9.77. The van der Waals surface area contributed by atoms with Crippen LogP contribution in [0.1, 0.15) is 19.3 Å². The van der Waals surface area contributed by atoms with Gasteiger partial charge in [0.1, 0.15) is 0 Å². The molecule has 2 N–H and O–H groups in total. The molecule has 0 aliphatic heterocycles. The topological polar surface area (TPSA) is 46.3 Å². The number of carbonyl (C=O) groups is 1. The number of nitrogens with two attached hydrogens (primary N) is 1. The number of likely N-dealkylation sites (N-methyl/N-ethyl adjacent to an activating group) is 1. The molecule has 1 amide bonds. The molecule has 0 atom stereocenters. The van der Waals surface area contributed by atoms with Crippen molar-refractivity contribution >= 4 is 5.91 Å². The van der Waals surface area contributed by atoms with Gasteiger partial charge in [0.15, 0.2) is 0 Å². The highest BCUT2D eigenvalue weighted by atomic mass is 16.2. The van der Waals surface area contributed by atoms with Gasteiger partial charge in [0.2, 0.25) is 5.91 Å². The first-order chi connectivity index (χ1) is 5.60. The zero-order valence-electron chi connectivity index (χ0n) is 7.34. The predicted octanol–water partition coefficient (Wildman–Crippen LogP) is -0.0406. The lowest BCUT2D eigenvalue weighted by Crippen LogP contribution is -2.58. The minimum atomic E-state index is -0.606. The lowest BCUT2D eigenvalue weighted by molar-refractivity contribution is -0.138. The molecule has 0 aromatic carbocycles. The van der Waals surface area contributed by atoms with Gasteiger partial charge in [-0.2, -0.15) is 0 Å². The summed E-state index contributed by atoms with van der Waals surface area (Å²) in [5, 5.41) is 0. The summed E-state index contributed by atoms with van der Waals surface area (Å²) in [6, 6.07) is 0. The molecule has 1 saturated carbocycles. The average Bonchev–Trinajstić information content (AvgIpc) is 1.99. The lowest BCUT2D eigenvalue weighted by Gasteiger charge is -2.38. The van der Waals surface area contributed by atoms with Gasteiger partial charge in [-0.3, -0.25) is 4.79 Å². The summed E-state index contributed by atoms with van der Waals surface area (Å²) in [7, 11) is 1.69. The number of amides is 1. The predicted molar refractivity (Wildman–Crippen MR) is 47.2 cm³/mol. The third-order valence-electron chi connectivity index (χ3n) is 2.35. The van der Waals surface area contributed by atoms with Crippen molar-refractivity contribution in [1.82, 2.24) is 4.90 Å². The van der Waals surface area contributed by atoms with E-state index in [9.17, 15) is 4.79 Å². The van der Waals surface area contributed by atoms with Gasteiger partial charge in [0, 0.05) is 7.05 Å². The molecule has 0 heterocycles. The maximum Gasteiger partial charge on any atom is 0.243 e. The summed E-state index contributed by atoms with van der Waals surface area (Å²) in [6.07, 6.45) is 7.72. The van der Waals surface area contributed by atoms with E-state index in [4.69, 9.17) is 12.2 Å². The second-order valence-electron chi connectivity index (χ2n) is 3.38. The van der Waals surface area contributed by atoms with Crippen molar-refractivity contribution in [3.05, 3.63) is 0 Å². The van der Waals surface area contributed by atoms with E-state index in [1.54, 1.807) is 7.05 Å². The standard InChI is InChI=1S/C9H14N2O/c1-3-7-11(2)8(12)9(10)5-4-6-9/h1H,4-7,10H2,2H3. The van der Waals surface area contributed by atoms with Gasteiger partial charge >= 0.3 is 0 Å². The molecule has 1 aliphatic rings. The van der Waals surface area contributed by atoms with E-state index in [1.165, 1.54) is 4.90 Å². The van der Waals surface area contributed by atoms with Crippen LogP contribution in [0.4, 0.5) is 0 Å². The number of rotatable bonds is 2. The van der Waals surface area contributed by atoms with Crippen LogP contribution in [-0.4, -0.2) is 29.9 Å². The van der Waals surface area contributed by atoms with E-state index in [2.05, 4.69) is 5.92 Å². The Morgan fingerprint density at radius 2 is 2.33 bits per heavy atom. The van der Waals surface area contributed by atoms with E-state index in [0.29, 0.717) is 6.54 Å². The van der Waals surface area contributed by atoms with Crippen LogP contribution in [0.25, 0.3) is 0 Å². The Bertz CT molecular complexity index is 225. The number of terminal acetylenes is 1. The molecular formula is C9H14N2O. The third-order valence-corrected chi connectivity index (χ3v) is 2.35. The summed E-state index contributed by atoms with van der Waals surface area (Å²) in [4.78, 5) is 13.1. The second-order valence-corrected chi connectivity index (χ2v) is 3.38. The fourth-order valence-corrected chi connectivity index (χ4v) is 1.36. The average molecular weight is 166 g/mol. The smallest absolute Gasteiger partial charge is 0.243 e. The van der Waals surface area contributed by atoms with Crippen LogP contribution in [-0.2, 0) is 4.79 Å². The normalized spacial score (nSPS) is 19.1. The Morgan fingerprint density at radius 1 is 1.75 bits per heavy atom. The molecule has 66 valence electrons. The zero-order chi connectivity index (χ0) is 9.19. The summed E-state index contributed by atoms with van der Waals surface area (Å²) >= 11 is 0. The number of hydrogen-bond donors (Lipinski definition) is 1. The molecule has 0 spiro atoms. The fourth-order valence-electron chi connectivity index (χ4n) is 1.36. The van der Waals surface area contributed by atoms with Gasteiger partial charge in [-0.15, -0.1) is 6.42 Å². The van der Waals surface area contributed by atoms with Crippen LogP contribution in [0, 0.1) is 12.3 Å². The van der Waals surface area contributed by atoms with Gasteiger partial charge in [-0.25, -0.2) is 0 Å². The van der Waals surface area contributed by atoms with Crippen LogP contribution in [0.2, 0.25) is 0 Å². The molecule has 1 fully saturated rings. The molecule has 0 unspecified atom stereocenters. The van der Waals surface area contributed by atoms with E-state index in [-0.39, 0.29) is 5.91 Å². The minimum Gasteiger partial charge on any atom is -0.333 e. The largest absolute Gasteiger partial charge is 0.333 e. The van der Waals surface area contributed by atoms with Crippen molar-refractivity contribution in [3.8, 4) is 12.3 Å². The maximum atomic E-state index is 11.5. The molecule has 0 saturated heterocycles. The molecule has 3 nitrogen and oxygen atoms in total. The van der Waals surface area contributed by atoms with Crippen molar-refractivity contribution < 1.29 is 4.79 Å². The van der Waals surface area contributed by atoms with Crippen LogP contribution in [0.15, 0.2) is 0 Å². The Hall–Kier alpha value is -1.01. The summed E-state index contributed by atoms with van der Waals surface area (Å²) in [6.45, 7) is 0.345. The van der Waals surface area contributed by atoms with Crippen LogP contribution in [0.3, 0.4) is 0 Å². The third kappa shape index (κ3) is 1.44. The SMILES string of the molecule is C#CCN(C)C(=O)C1(N)CCC1. The monoisotopic (exact) mass is 166 g/mol. The van der Waals surface area contributed by atoms with Crippen LogP contribution >= 0.6 is 0 Å². The quantitative estimate of drug-likeness (QED) is 0.585. The maximum absolute atomic E-state index is 11.5. The molecule has 12 heavy (non-hydrogen) atoms. The van der Waals surface area contributed by atoms with E-state index >= 15 is 0 Å². The van der Waals surface area contributed by atoms with Crippen molar-refractivity contribution in [2.75, 3.05) is 13.6 Å². The first-order valence-corrected chi connectivity index (χ1v) is 4.08. The molecule has 3 heteroatoms. The molecule has 1 rings (SSSR count). The molecule has 0 bridgehead atoms. The number of nitrogens with zero attached hydrogens (tertiary/aromatic N) is 1. The summed E-state index contributed by atoms with van der Waals surface area (Å²) < 4.78 is 0. The van der Waals surface area contributed by atoms with Gasteiger partial charge in [0.05, 0.1) is 12.1 Å². The molecular weight excluding hydrogens is 152 g/mol. The molecule has 0 aromatic rings. The number of hydrogen-bond acceptors (Lipinski definition) is 2. The molecule has 0 aromatic heterocycles. The Kier molecular flexibility index (Phi) is 2.39. The number of carbonyl (C=O) groups excluding carboxylic acids is 1. The van der Waals surface area contributed by atoms with Crippen LogP contribution < -0.4 is 5.73 Å². The van der Waals surface area contributed by atoms with Gasteiger partial charge in [0.25, 0.3) is 0 Å². The first-order valence-electron chi connectivity index (χ1n) is 4.08. The van der Waals surface area contributed by atoms with E-state index < -0.39 is 5.54 Å². The van der Waals surface area contributed by atoms with Crippen molar-refractivity contribution in [1.29, 1.82) is 0 Å². The molecule has 0 radical (unpaired) electrons. The fraction of sp³-hybridized carbons (Fsp3) is 0.667. The second kappa shape index (κ2) is 3.16. The highest BCUT2D eigenvalue weighted by molar-refractivity contribution is 5.87. The highest BCUT2D eigenvalue weighted by Gasteiger charge is 2.41. The highest BCUT2D eigenvalue weighted by Crippen LogP contribution is 2.30. The van der Waals surface area contributed by atoms with E-state index in [0.717, 1.165) is 19.3 Å². The van der Waals surface area contributed by atoms with Crippen molar-refractivity contribution in [2.45, 2.75) is 24.8 Å².